The highest BCUT2D eigenvalue weighted by molar-refractivity contribution is 6.12. The lowest BCUT2D eigenvalue weighted by molar-refractivity contribution is -0.520. The number of methoxy groups -OCH3 is 2. The second-order valence-electron chi connectivity index (χ2n) is 4.97. The van der Waals surface area contributed by atoms with Crippen LogP contribution in [0.2, 0.25) is 0 Å². The Bertz CT molecular complexity index is 382. The van der Waals surface area contributed by atoms with Crippen molar-refractivity contribution in [2.24, 2.45) is 0 Å². The largest absolute Gasteiger partial charge is 0.330 e. The highest BCUT2D eigenvalue weighted by Gasteiger charge is 2.41. The minimum absolute atomic E-state index is 0.232. The molecule has 0 N–H and O–H groups in total. The van der Waals surface area contributed by atoms with E-state index in [0.29, 0.717) is 6.42 Å². The van der Waals surface area contributed by atoms with Crippen LogP contribution < -0.4 is 0 Å². The molecule has 0 aromatic rings. The number of imide groups is 1. The van der Waals surface area contributed by atoms with Crippen LogP contribution >= 0.6 is 0 Å². The van der Waals surface area contributed by atoms with Gasteiger partial charge in [0.1, 0.15) is 6.54 Å². The van der Waals surface area contributed by atoms with Crippen molar-refractivity contribution in [1.29, 1.82) is 0 Å². The Kier molecular flexibility index (Phi) is 5.41. The fourth-order valence-electron chi connectivity index (χ4n) is 1.32. The van der Waals surface area contributed by atoms with Gasteiger partial charge in [0, 0.05) is 26.4 Å². The van der Waals surface area contributed by atoms with Gasteiger partial charge in [-0.3, -0.25) is 14.5 Å². The van der Waals surface area contributed by atoms with E-state index in [1.165, 1.54) is 26.4 Å². The fraction of sp³-hybridized carbons (Fsp3) is 0.692. The van der Waals surface area contributed by atoms with E-state index in [4.69, 9.17) is 19.2 Å². The second kappa shape index (κ2) is 6.45. The molecule has 1 aliphatic heterocycles. The van der Waals surface area contributed by atoms with E-state index >= 15 is 0 Å². The van der Waals surface area contributed by atoms with Gasteiger partial charge in [-0.25, -0.2) is 4.89 Å². The zero-order valence-corrected chi connectivity index (χ0v) is 12.5. The van der Waals surface area contributed by atoms with Crippen molar-refractivity contribution in [1.82, 2.24) is 4.90 Å². The molecule has 7 heteroatoms. The van der Waals surface area contributed by atoms with Gasteiger partial charge in [0.2, 0.25) is 0 Å². The summed E-state index contributed by atoms with van der Waals surface area (Å²) in [4.78, 5) is 34.6. The number of carbonyl (C=O) groups excluding carboxylic acids is 2. The SMILES string of the molecule is CCC(C)(C)OOC(CN1C(=O)C=CC1=O)(OC)OC. The molecule has 1 aliphatic rings. The van der Waals surface area contributed by atoms with E-state index in [-0.39, 0.29) is 6.54 Å². The Morgan fingerprint density at radius 3 is 1.95 bits per heavy atom. The normalized spacial score (nSPS) is 16.4. The summed E-state index contributed by atoms with van der Waals surface area (Å²) in [7, 11) is 2.68. The molecular weight excluding hydrogens is 266 g/mol. The Hall–Kier alpha value is -1.28. The van der Waals surface area contributed by atoms with Gasteiger partial charge < -0.3 is 9.47 Å². The van der Waals surface area contributed by atoms with Crippen molar-refractivity contribution in [3.05, 3.63) is 12.2 Å². The van der Waals surface area contributed by atoms with Crippen LogP contribution in [-0.2, 0) is 28.8 Å². The molecule has 20 heavy (non-hydrogen) atoms. The molecule has 0 bridgehead atoms. The summed E-state index contributed by atoms with van der Waals surface area (Å²) >= 11 is 0. The average Bonchev–Trinajstić information content (AvgIpc) is 2.75. The van der Waals surface area contributed by atoms with Crippen LogP contribution in [0.15, 0.2) is 12.2 Å². The molecule has 0 aliphatic carbocycles. The third kappa shape index (κ3) is 3.86. The van der Waals surface area contributed by atoms with Crippen LogP contribution in [0.4, 0.5) is 0 Å². The molecule has 114 valence electrons. The van der Waals surface area contributed by atoms with Gasteiger partial charge in [0.05, 0.1) is 5.60 Å². The summed E-state index contributed by atoms with van der Waals surface area (Å²) in [5.41, 5.74) is -0.556. The van der Waals surface area contributed by atoms with Crippen LogP contribution in [0.25, 0.3) is 0 Å². The first-order chi connectivity index (χ1) is 9.29. The third-order valence-corrected chi connectivity index (χ3v) is 3.12. The Balaban J connectivity index is 2.76. The van der Waals surface area contributed by atoms with Crippen molar-refractivity contribution in [2.45, 2.75) is 38.8 Å². The molecule has 0 aromatic heterocycles. The lowest BCUT2D eigenvalue weighted by Crippen LogP contribution is -2.51. The van der Waals surface area contributed by atoms with Gasteiger partial charge in [-0.2, -0.15) is 4.89 Å². The molecule has 0 fully saturated rings. The van der Waals surface area contributed by atoms with Crippen molar-refractivity contribution < 1.29 is 28.8 Å². The van der Waals surface area contributed by atoms with Crippen molar-refractivity contribution in [3.8, 4) is 0 Å². The third-order valence-electron chi connectivity index (χ3n) is 3.12. The van der Waals surface area contributed by atoms with Crippen LogP contribution in [-0.4, -0.2) is 49.1 Å². The summed E-state index contributed by atoms with van der Waals surface area (Å²) in [5, 5.41) is 0. The number of carbonyl (C=O) groups is 2. The smallest absolute Gasteiger partial charge is 0.328 e. The second-order valence-corrected chi connectivity index (χ2v) is 4.97. The summed E-state index contributed by atoms with van der Waals surface area (Å²) in [5.74, 6) is -2.57. The van der Waals surface area contributed by atoms with Crippen molar-refractivity contribution in [2.75, 3.05) is 20.8 Å². The zero-order valence-electron chi connectivity index (χ0n) is 12.5. The summed E-state index contributed by atoms with van der Waals surface area (Å²) in [6.07, 6.45) is 3.05. The minimum atomic E-state index is -1.66. The predicted octanol–water partition coefficient (Wildman–Crippen LogP) is 0.995. The first-order valence-corrected chi connectivity index (χ1v) is 6.30. The van der Waals surface area contributed by atoms with Crippen molar-refractivity contribution in [3.63, 3.8) is 0 Å². The molecule has 0 aromatic carbocycles. The molecule has 0 saturated heterocycles. The molecule has 0 radical (unpaired) electrons. The topological polar surface area (TPSA) is 74.3 Å². The minimum Gasteiger partial charge on any atom is -0.328 e. The maximum atomic E-state index is 11.6. The molecular formula is C13H21NO6. The lowest BCUT2D eigenvalue weighted by Gasteiger charge is -2.34. The number of rotatable bonds is 8. The van der Waals surface area contributed by atoms with Crippen LogP contribution in [0, 0.1) is 0 Å². The first-order valence-electron chi connectivity index (χ1n) is 6.30. The van der Waals surface area contributed by atoms with E-state index in [1.54, 1.807) is 0 Å². The van der Waals surface area contributed by atoms with E-state index in [1.807, 2.05) is 20.8 Å². The maximum Gasteiger partial charge on any atom is 0.330 e. The van der Waals surface area contributed by atoms with Gasteiger partial charge in [0.25, 0.3) is 11.8 Å². The molecule has 0 saturated carbocycles. The highest BCUT2D eigenvalue weighted by atomic mass is 17.3. The molecule has 0 spiro atoms. The molecule has 0 unspecified atom stereocenters. The number of ether oxygens (including phenoxy) is 2. The highest BCUT2D eigenvalue weighted by Crippen LogP contribution is 2.23. The fourth-order valence-corrected chi connectivity index (χ4v) is 1.32. The predicted molar refractivity (Wildman–Crippen MR) is 69.1 cm³/mol. The standard InChI is InChI=1S/C13H21NO6/c1-6-12(2,3)19-20-13(17-4,18-5)9-14-10(15)7-8-11(14)16/h7-8H,6,9H2,1-5H3. The van der Waals surface area contributed by atoms with Gasteiger partial charge in [-0.05, 0) is 20.3 Å². The van der Waals surface area contributed by atoms with E-state index in [2.05, 4.69) is 0 Å². The summed E-state index contributed by atoms with van der Waals surface area (Å²) < 4.78 is 10.3. The van der Waals surface area contributed by atoms with Crippen LogP contribution in [0.1, 0.15) is 27.2 Å². The first kappa shape index (κ1) is 16.8. The van der Waals surface area contributed by atoms with Gasteiger partial charge in [-0.15, -0.1) is 0 Å². The molecule has 0 atom stereocenters. The Labute approximate surface area is 118 Å². The van der Waals surface area contributed by atoms with E-state index < -0.39 is 23.4 Å². The molecule has 1 heterocycles. The van der Waals surface area contributed by atoms with Crippen LogP contribution in [0.3, 0.4) is 0 Å². The molecule has 7 nitrogen and oxygen atoms in total. The lowest BCUT2D eigenvalue weighted by atomic mass is 10.1. The quantitative estimate of drug-likeness (QED) is 0.287. The van der Waals surface area contributed by atoms with Gasteiger partial charge in [0.15, 0.2) is 0 Å². The number of amides is 2. The van der Waals surface area contributed by atoms with E-state index in [9.17, 15) is 9.59 Å². The summed E-state index contributed by atoms with van der Waals surface area (Å²) in [6.45, 7) is 5.36. The maximum absolute atomic E-state index is 11.6. The number of nitrogens with zero attached hydrogens (tertiary/aromatic N) is 1. The van der Waals surface area contributed by atoms with Gasteiger partial charge in [-0.1, -0.05) is 6.92 Å². The monoisotopic (exact) mass is 287 g/mol. The molecule has 2 amide bonds. The molecule has 1 rings (SSSR count). The van der Waals surface area contributed by atoms with Crippen LogP contribution in [0.5, 0.6) is 0 Å². The Morgan fingerprint density at radius 1 is 1.05 bits per heavy atom. The van der Waals surface area contributed by atoms with Gasteiger partial charge >= 0.3 is 5.97 Å². The Morgan fingerprint density at radius 2 is 1.55 bits per heavy atom. The average molecular weight is 287 g/mol. The number of hydrogen-bond donors (Lipinski definition) is 0. The van der Waals surface area contributed by atoms with Crippen molar-refractivity contribution >= 4 is 11.8 Å². The zero-order chi connectivity index (χ0) is 15.4. The van der Waals surface area contributed by atoms with E-state index in [0.717, 1.165) is 4.90 Å². The number of hydrogen-bond acceptors (Lipinski definition) is 6. The summed E-state index contributed by atoms with van der Waals surface area (Å²) in [6, 6.07) is 0.